The molecular weight excluding hydrogens is 254 g/mol. The van der Waals surface area contributed by atoms with Gasteiger partial charge in [-0.2, -0.15) is 0 Å². The number of aldehydes is 1. The van der Waals surface area contributed by atoms with Crippen molar-refractivity contribution in [3.63, 3.8) is 0 Å². The van der Waals surface area contributed by atoms with Gasteiger partial charge in [-0.15, -0.1) is 0 Å². The van der Waals surface area contributed by atoms with Crippen LogP contribution < -0.4 is 4.74 Å². The fourth-order valence-electron chi connectivity index (χ4n) is 1.83. The van der Waals surface area contributed by atoms with Crippen LogP contribution in [0.3, 0.4) is 0 Å². The molecule has 98 valence electrons. The van der Waals surface area contributed by atoms with Crippen molar-refractivity contribution in [2.45, 2.75) is 0 Å². The molecular formula is C16H11NO3. The molecule has 4 nitrogen and oxygen atoms in total. The third-order valence-electron chi connectivity index (χ3n) is 2.73. The molecule has 0 bridgehead atoms. The van der Waals surface area contributed by atoms with Crippen LogP contribution in [0.15, 0.2) is 65.3 Å². The topological polar surface area (TPSA) is 52.3 Å². The van der Waals surface area contributed by atoms with Crippen LogP contribution >= 0.6 is 0 Å². The van der Waals surface area contributed by atoms with Gasteiger partial charge in [0.1, 0.15) is 17.3 Å². The fraction of sp³-hybridized carbons (Fsp3) is 0. The Morgan fingerprint density at radius 1 is 1.05 bits per heavy atom. The van der Waals surface area contributed by atoms with Crippen molar-refractivity contribution < 1.29 is 13.9 Å². The second-order valence-electron chi connectivity index (χ2n) is 4.14. The van der Waals surface area contributed by atoms with E-state index in [9.17, 15) is 4.79 Å². The van der Waals surface area contributed by atoms with E-state index < -0.39 is 0 Å². The first-order chi connectivity index (χ1) is 9.85. The predicted molar refractivity (Wildman–Crippen MR) is 73.8 cm³/mol. The summed E-state index contributed by atoms with van der Waals surface area (Å²) in [5.41, 5.74) is 0.847. The lowest BCUT2D eigenvalue weighted by Crippen LogP contribution is -1.85. The molecule has 0 aliphatic heterocycles. The van der Waals surface area contributed by atoms with Crippen LogP contribution in [0.2, 0.25) is 0 Å². The molecule has 0 aliphatic rings. The first-order valence-corrected chi connectivity index (χ1v) is 6.08. The summed E-state index contributed by atoms with van der Waals surface area (Å²) in [5, 5.41) is 0. The number of carbonyl (C=O) groups excluding carboxylic acids is 1. The molecule has 0 amide bonds. The Balaban J connectivity index is 1.87. The number of rotatable bonds is 4. The summed E-state index contributed by atoms with van der Waals surface area (Å²) in [7, 11) is 0. The lowest BCUT2D eigenvalue weighted by Gasteiger charge is -2.06. The van der Waals surface area contributed by atoms with Crippen molar-refractivity contribution in [2.24, 2.45) is 0 Å². The van der Waals surface area contributed by atoms with Gasteiger partial charge in [0.05, 0.1) is 6.20 Å². The highest BCUT2D eigenvalue weighted by Gasteiger charge is 2.06. The van der Waals surface area contributed by atoms with Crippen LogP contribution in [0.1, 0.15) is 10.6 Å². The molecule has 0 saturated heterocycles. The quantitative estimate of drug-likeness (QED) is 0.670. The molecule has 0 aliphatic carbocycles. The van der Waals surface area contributed by atoms with Gasteiger partial charge >= 0.3 is 0 Å². The van der Waals surface area contributed by atoms with Crippen LogP contribution in [0.25, 0.3) is 11.3 Å². The standard InChI is InChI=1S/C16H11NO3/c18-11-15-6-7-16(20-15)12-3-1-4-13(9-12)19-14-5-2-8-17-10-14/h1-11H. The zero-order valence-corrected chi connectivity index (χ0v) is 10.5. The summed E-state index contributed by atoms with van der Waals surface area (Å²) < 4.78 is 11.1. The molecule has 2 aromatic heterocycles. The zero-order valence-electron chi connectivity index (χ0n) is 10.5. The highest BCUT2D eigenvalue weighted by Crippen LogP contribution is 2.27. The van der Waals surface area contributed by atoms with Gasteiger partial charge in [0.15, 0.2) is 12.0 Å². The number of hydrogen-bond donors (Lipinski definition) is 0. The maximum atomic E-state index is 10.6. The zero-order chi connectivity index (χ0) is 13.8. The SMILES string of the molecule is O=Cc1ccc(-c2cccc(Oc3cccnc3)c2)o1. The molecule has 0 spiro atoms. The fourth-order valence-corrected chi connectivity index (χ4v) is 1.83. The van der Waals surface area contributed by atoms with E-state index in [1.807, 2.05) is 36.4 Å². The molecule has 20 heavy (non-hydrogen) atoms. The molecule has 4 heteroatoms. The molecule has 2 heterocycles. The Kier molecular flexibility index (Phi) is 3.29. The van der Waals surface area contributed by atoms with Gasteiger partial charge in [0.2, 0.25) is 0 Å². The maximum absolute atomic E-state index is 10.6. The molecule has 0 saturated carbocycles. The van der Waals surface area contributed by atoms with Crippen LogP contribution in [-0.2, 0) is 0 Å². The predicted octanol–water partition coefficient (Wildman–Crippen LogP) is 3.95. The van der Waals surface area contributed by atoms with Gasteiger partial charge < -0.3 is 9.15 Å². The Hall–Kier alpha value is -2.88. The van der Waals surface area contributed by atoms with E-state index >= 15 is 0 Å². The van der Waals surface area contributed by atoms with E-state index in [2.05, 4.69) is 4.98 Å². The van der Waals surface area contributed by atoms with E-state index in [-0.39, 0.29) is 0 Å². The van der Waals surface area contributed by atoms with Gasteiger partial charge in [-0.3, -0.25) is 9.78 Å². The summed E-state index contributed by atoms with van der Waals surface area (Å²) >= 11 is 0. The van der Waals surface area contributed by atoms with Crippen LogP contribution in [-0.4, -0.2) is 11.3 Å². The van der Waals surface area contributed by atoms with Gasteiger partial charge in [-0.05, 0) is 36.4 Å². The molecule has 0 fully saturated rings. The number of furan rings is 1. The van der Waals surface area contributed by atoms with Crippen molar-refractivity contribution in [1.29, 1.82) is 0 Å². The van der Waals surface area contributed by atoms with Crippen molar-refractivity contribution in [1.82, 2.24) is 4.98 Å². The first kappa shape index (κ1) is 12.2. The first-order valence-electron chi connectivity index (χ1n) is 6.08. The molecule has 3 aromatic rings. The lowest BCUT2D eigenvalue weighted by atomic mass is 10.1. The van der Waals surface area contributed by atoms with Crippen molar-refractivity contribution in [3.8, 4) is 22.8 Å². The van der Waals surface area contributed by atoms with Crippen LogP contribution in [0.4, 0.5) is 0 Å². The highest BCUT2D eigenvalue weighted by atomic mass is 16.5. The second kappa shape index (κ2) is 5.40. The van der Waals surface area contributed by atoms with Crippen molar-refractivity contribution in [3.05, 3.63) is 66.7 Å². The average Bonchev–Trinajstić information content (AvgIpc) is 2.98. The summed E-state index contributed by atoms with van der Waals surface area (Å²) in [5.74, 6) is 2.28. The van der Waals surface area contributed by atoms with Gasteiger partial charge in [-0.1, -0.05) is 12.1 Å². The van der Waals surface area contributed by atoms with Crippen molar-refractivity contribution in [2.75, 3.05) is 0 Å². The number of benzene rings is 1. The summed E-state index contributed by atoms with van der Waals surface area (Å²) in [4.78, 5) is 14.6. The van der Waals surface area contributed by atoms with E-state index in [1.165, 1.54) is 0 Å². The molecule has 0 radical (unpaired) electrons. The largest absolute Gasteiger partial charge is 0.456 e. The number of hydrogen-bond acceptors (Lipinski definition) is 4. The van der Waals surface area contributed by atoms with E-state index in [0.29, 0.717) is 29.3 Å². The number of pyridine rings is 1. The highest BCUT2D eigenvalue weighted by molar-refractivity contribution is 5.73. The normalized spacial score (nSPS) is 10.2. The van der Waals surface area contributed by atoms with E-state index in [1.54, 1.807) is 24.5 Å². The molecule has 0 N–H and O–H groups in total. The minimum atomic E-state index is 0.304. The summed E-state index contributed by atoms with van der Waals surface area (Å²) in [6.45, 7) is 0. The van der Waals surface area contributed by atoms with Gasteiger partial charge in [0, 0.05) is 11.8 Å². The second-order valence-corrected chi connectivity index (χ2v) is 4.14. The Bertz CT molecular complexity index is 719. The van der Waals surface area contributed by atoms with Crippen LogP contribution in [0, 0.1) is 0 Å². The smallest absolute Gasteiger partial charge is 0.185 e. The summed E-state index contributed by atoms with van der Waals surface area (Å²) in [6, 6.07) is 14.5. The minimum Gasteiger partial charge on any atom is -0.456 e. The molecule has 3 rings (SSSR count). The number of ether oxygens (including phenoxy) is 1. The van der Waals surface area contributed by atoms with E-state index in [4.69, 9.17) is 9.15 Å². The maximum Gasteiger partial charge on any atom is 0.185 e. The molecule has 1 aromatic carbocycles. The van der Waals surface area contributed by atoms with E-state index in [0.717, 1.165) is 5.56 Å². The molecule has 0 unspecified atom stereocenters. The number of nitrogens with zero attached hydrogens (tertiary/aromatic N) is 1. The lowest BCUT2D eigenvalue weighted by molar-refractivity contribution is 0.110. The monoisotopic (exact) mass is 265 g/mol. The Labute approximate surface area is 115 Å². The Morgan fingerprint density at radius 2 is 1.95 bits per heavy atom. The number of carbonyl (C=O) groups is 1. The third kappa shape index (κ3) is 2.59. The third-order valence-corrected chi connectivity index (χ3v) is 2.73. The van der Waals surface area contributed by atoms with Gasteiger partial charge in [0.25, 0.3) is 0 Å². The summed E-state index contributed by atoms with van der Waals surface area (Å²) in [6.07, 6.45) is 4.01. The number of aromatic nitrogens is 1. The average molecular weight is 265 g/mol. The minimum absolute atomic E-state index is 0.304. The van der Waals surface area contributed by atoms with Crippen LogP contribution in [0.5, 0.6) is 11.5 Å². The van der Waals surface area contributed by atoms with Crippen molar-refractivity contribution >= 4 is 6.29 Å². The van der Waals surface area contributed by atoms with Gasteiger partial charge in [-0.25, -0.2) is 0 Å². The Morgan fingerprint density at radius 3 is 2.70 bits per heavy atom. The molecule has 0 atom stereocenters.